The molecule has 1 aromatic carbocycles. The van der Waals surface area contributed by atoms with Gasteiger partial charge in [-0.1, -0.05) is 13.0 Å². The maximum Gasteiger partial charge on any atom is 0.306 e. The minimum Gasteiger partial charge on any atom is -0.504 e. The van der Waals surface area contributed by atoms with Crippen molar-refractivity contribution in [3.63, 3.8) is 0 Å². The number of carboxylic acids is 1. The Bertz CT molecular complexity index is 387. The van der Waals surface area contributed by atoms with E-state index >= 15 is 0 Å². The Hall–Kier alpha value is -1.71. The minimum atomic E-state index is -0.793. The first-order chi connectivity index (χ1) is 8.08. The Kier molecular flexibility index (Phi) is 4.82. The SMILES string of the molecule is CCOc1cc(CC(CC)C(=O)O)ccc1O. The molecule has 94 valence electrons. The molecule has 2 N–H and O–H groups in total. The summed E-state index contributed by atoms with van der Waals surface area (Å²) in [4.78, 5) is 10.9. The predicted molar refractivity (Wildman–Crippen MR) is 64.4 cm³/mol. The quantitative estimate of drug-likeness (QED) is 0.798. The smallest absolute Gasteiger partial charge is 0.306 e. The van der Waals surface area contributed by atoms with Gasteiger partial charge in [-0.05, 0) is 37.5 Å². The average molecular weight is 238 g/mol. The summed E-state index contributed by atoms with van der Waals surface area (Å²) in [6, 6.07) is 4.96. The van der Waals surface area contributed by atoms with Crippen LogP contribution in [0.15, 0.2) is 18.2 Å². The van der Waals surface area contributed by atoms with Gasteiger partial charge in [-0.15, -0.1) is 0 Å². The zero-order chi connectivity index (χ0) is 12.8. The van der Waals surface area contributed by atoms with Crippen molar-refractivity contribution in [1.29, 1.82) is 0 Å². The molecule has 0 fully saturated rings. The van der Waals surface area contributed by atoms with Crippen molar-refractivity contribution in [2.45, 2.75) is 26.7 Å². The number of aliphatic carboxylic acids is 1. The van der Waals surface area contributed by atoms with E-state index in [1.165, 1.54) is 6.07 Å². The van der Waals surface area contributed by atoms with Crippen LogP contribution in [0.4, 0.5) is 0 Å². The molecule has 4 heteroatoms. The number of rotatable bonds is 6. The van der Waals surface area contributed by atoms with Crippen LogP contribution in [-0.4, -0.2) is 22.8 Å². The Morgan fingerprint density at radius 2 is 2.12 bits per heavy atom. The zero-order valence-corrected chi connectivity index (χ0v) is 10.1. The molecule has 0 radical (unpaired) electrons. The number of ether oxygens (including phenoxy) is 1. The highest BCUT2D eigenvalue weighted by Gasteiger charge is 2.16. The van der Waals surface area contributed by atoms with Gasteiger partial charge in [-0.2, -0.15) is 0 Å². The summed E-state index contributed by atoms with van der Waals surface area (Å²) < 4.78 is 5.26. The second-order valence-electron chi connectivity index (χ2n) is 3.88. The van der Waals surface area contributed by atoms with E-state index in [4.69, 9.17) is 9.84 Å². The molecule has 0 aliphatic heterocycles. The number of benzene rings is 1. The monoisotopic (exact) mass is 238 g/mol. The van der Waals surface area contributed by atoms with Gasteiger partial charge >= 0.3 is 5.97 Å². The van der Waals surface area contributed by atoms with Crippen LogP contribution in [0.3, 0.4) is 0 Å². The molecule has 0 spiro atoms. The van der Waals surface area contributed by atoms with Gasteiger partial charge in [0.25, 0.3) is 0 Å². The van der Waals surface area contributed by atoms with Gasteiger partial charge in [-0.3, -0.25) is 4.79 Å². The van der Waals surface area contributed by atoms with Gasteiger partial charge in [0.2, 0.25) is 0 Å². The van der Waals surface area contributed by atoms with E-state index in [1.807, 2.05) is 13.8 Å². The van der Waals surface area contributed by atoms with Crippen LogP contribution in [0, 0.1) is 5.92 Å². The number of carboxylic acid groups (broad SMARTS) is 1. The van der Waals surface area contributed by atoms with Crippen LogP contribution in [0.2, 0.25) is 0 Å². The highest BCUT2D eigenvalue weighted by atomic mass is 16.5. The summed E-state index contributed by atoms with van der Waals surface area (Å²) in [5.41, 5.74) is 0.862. The van der Waals surface area contributed by atoms with Gasteiger partial charge in [0.15, 0.2) is 11.5 Å². The third kappa shape index (κ3) is 3.66. The van der Waals surface area contributed by atoms with Gasteiger partial charge in [0.05, 0.1) is 12.5 Å². The van der Waals surface area contributed by atoms with E-state index in [0.29, 0.717) is 25.2 Å². The lowest BCUT2D eigenvalue weighted by Crippen LogP contribution is -2.15. The second-order valence-corrected chi connectivity index (χ2v) is 3.88. The number of hydrogen-bond acceptors (Lipinski definition) is 3. The molecule has 1 unspecified atom stereocenters. The molecule has 0 heterocycles. The van der Waals surface area contributed by atoms with E-state index in [2.05, 4.69) is 0 Å². The topological polar surface area (TPSA) is 66.8 Å². The van der Waals surface area contributed by atoms with Crippen LogP contribution in [-0.2, 0) is 11.2 Å². The van der Waals surface area contributed by atoms with Crippen molar-refractivity contribution in [1.82, 2.24) is 0 Å². The summed E-state index contributed by atoms with van der Waals surface area (Å²) in [5.74, 6) is -0.697. The summed E-state index contributed by atoms with van der Waals surface area (Å²) in [5, 5.41) is 18.5. The summed E-state index contributed by atoms with van der Waals surface area (Å²) >= 11 is 0. The van der Waals surface area contributed by atoms with E-state index < -0.39 is 11.9 Å². The summed E-state index contributed by atoms with van der Waals surface area (Å²) in [6.45, 7) is 4.15. The van der Waals surface area contributed by atoms with Crippen molar-refractivity contribution < 1.29 is 19.7 Å². The Balaban J connectivity index is 2.84. The van der Waals surface area contributed by atoms with Gasteiger partial charge < -0.3 is 14.9 Å². The van der Waals surface area contributed by atoms with Crippen molar-refractivity contribution >= 4 is 5.97 Å². The fourth-order valence-corrected chi connectivity index (χ4v) is 1.65. The van der Waals surface area contributed by atoms with Crippen LogP contribution >= 0.6 is 0 Å². The molecule has 17 heavy (non-hydrogen) atoms. The Morgan fingerprint density at radius 1 is 1.41 bits per heavy atom. The summed E-state index contributed by atoms with van der Waals surface area (Å²) in [6.07, 6.45) is 1.03. The highest BCUT2D eigenvalue weighted by Crippen LogP contribution is 2.28. The first kappa shape index (κ1) is 13.4. The molecule has 0 aliphatic rings. The third-order valence-corrected chi connectivity index (χ3v) is 2.65. The fourth-order valence-electron chi connectivity index (χ4n) is 1.65. The lowest BCUT2D eigenvalue weighted by Gasteiger charge is -2.12. The predicted octanol–water partition coefficient (Wildman–Crippen LogP) is 2.44. The molecule has 0 saturated heterocycles. The molecule has 0 aromatic heterocycles. The lowest BCUT2D eigenvalue weighted by atomic mass is 9.97. The van der Waals surface area contributed by atoms with Crippen LogP contribution in [0.5, 0.6) is 11.5 Å². The molecule has 0 amide bonds. The molecular formula is C13H18O4. The third-order valence-electron chi connectivity index (χ3n) is 2.65. The molecular weight excluding hydrogens is 220 g/mol. The van der Waals surface area contributed by atoms with Crippen molar-refractivity contribution in [2.24, 2.45) is 5.92 Å². The van der Waals surface area contributed by atoms with Crippen LogP contribution in [0.1, 0.15) is 25.8 Å². The molecule has 1 atom stereocenters. The standard InChI is InChI=1S/C13H18O4/c1-3-10(13(15)16)7-9-5-6-11(14)12(8-9)17-4-2/h5-6,8,10,14H,3-4,7H2,1-2H3,(H,15,16). The van der Waals surface area contributed by atoms with Crippen LogP contribution < -0.4 is 4.74 Å². The zero-order valence-electron chi connectivity index (χ0n) is 10.1. The van der Waals surface area contributed by atoms with Gasteiger partial charge in [0.1, 0.15) is 0 Å². The molecule has 0 bridgehead atoms. The Morgan fingerprint density at radius 3 is 2.65 bits per heavy atom. The maximum absolute atomic E-state index is 10.9. The normalized spacial score (nSPS) is 12.1. The molecule has 0 aliphatic carbocycles. The molecule has 0 saturated carbocycles. The van der Waals surface area contributed by atoms with E-state index in [1.54, 1.807) is 12.1 Å². The van der Waals surface area contributed by atoms with E-state index in [0.717, 1.165) is 5.56 Å². The molecule has 1 aromatic rings. The maximum atomic E-state index is 10.9. The van der Waals surface area contributed by atoms with Crippen molar-refractivity contribution in [3.05, 3.63) is 23.8 Å². The van der Waals surface area contributed by atoms with Crippen molar-refractivity contribution in [3.8, 4) is 11.5 Å². The molecule has 1 rings (SSSR count). The second kappa shape index (κ2) is 6.13. The number of phenols is 1. The molecule has 4 nitrogen and oxygen atoms in total. The van der Waals surface area contributed by atoms with Gasteiger partial charge in [0, 0.05) is 0 Å². The lowest BCUT2D eigenvalue weighted by molar-refractivity contribution is -0.141. The Labute approximate surface area is 101 Å². The van der Waals surface area contributed by atoms with Crippen LogP contribution in [0.25, 0.3) is 0 Å². The average Bonchev–Trinajstić information content (AvgIpc) is 2.30. The number of carbonyl (C=O) groups is 1. The van der Waals surface area contributed by atoms with Crippen molar-refractivity contribution in [2.75, 3.05) is 6.61 Å². The van der Waals surface area contributed by atoms with E-state index in [-0.39, 0.29) is 5.75 Å². The fraction of sp³-hybridized carbons (Fsp3) is 0.462. The minimum absolute atomic E-state index is 0.0824. The first-order valence-electron chi connectivity index (χ1n) is 5.76. The largest absolute Gasteiger partial charge is 0.504 e. The van der Waals surface area contributed by atoms with Gasteiger partial charge in [-0.25, -0.2) is 0 Å². The number of phenolic OH excluding ortho intramolecular Hbond substituents is 1. The first-order valence-corrected chi connectivity index (χ1v) is 5.76. The van der Waals surface area contributed by atoms with E-state index in [9.17, 15) is 9.90 Å². The number of aromatic hydroxyl groups is 1. The summed E-state index contributed by atoms with van der Waals surface area (Å²) in [7, 11) is 0. The highest BCUT2D eigenvalue weighted by molar-refractivity contribution is 5.70. The number of hydrogen-bond donors (Lipinski definition) is 2.